The molecule has 106 valence electrons. The van der Waals surface area contributed by atoms with E-state index in [-0.39, 0.29) is 10.8 Å². The minimum absolute atomic E-state index is 0.0605. The van der Waals surface area contributed by atoms with Crippen LogP contribution in [0.25, 0.3) is 0 Å². The van der Waals surface area contributed by atoms with Crippen molar-refractivity contribution in [2.24, 2.45) is 0 Å². The van der Waals surface area contributed by atoms with E-state index in [1.54, 1.807) is 12.1 Å². The molecule has 1 amide bonds. The number of nitrogens with zero attached hydrogens (tertiary/aromatic N) is 1. The minimum Gasteiger partial charge on any atom is -0.352 e. The van der Waals surface area contributed by atoms with Crippen molar-refractivity contribution in [3.8, 4) is 0 Å². The average molecular weight is 314 g/mol. The van der Waals surface area contributed by atoms with Gasteiger partial charge in [0.2, 0.25) is 0 Å². The van der Waals surface area contributed by atoms with Crippen LogP contribution < -0.4 is 5.32 Å². The number of nitrogens with one attached hydrogen (secondary N) is 2. The second-order valence-electron chi connectivity index (χ2n) is 4.07. The standard InChI is InChI=1S/C12H12ClN3O3S/c13-20(18,19)11-3-1-9(2-4-11)5-6-14-12(17)10-7-15-16-8-10/h1-4,7-8H,5-6H2,(H,14,17)(H,15,16). The van der Waals surface area contributed by atoms with E-state index in [0.29, 0.717) is 18.5 Å². The fourth-order valence-electron chi connectivity index (χ4n) is 1.62. The number of hydrogen-bond acceptors (Lipinski definition) is 4. The maximum absolute atomic E-state index is 11.6. The largest absolute Gasteiger partial charge is 0.352 e. The van der Waals surface area contributed by atoms with Crippen LogP contribution in [0.15, 0.2) is 41.6 Å². The predicted molar refractivity (Wildman–Crippen MR) is 74.1 cm³/mol. The molecule has 0 saturated carbocycles. The Morgan fingerprint density at radius 2 is 2.00 bits per heavy atom. The third kappa shape index (κ3) is 3.82. The summed E-state index contributed by atoms with van der Waals surface area (Å²) in [6.45, 7) is 0.441. The second-order valence-corrected chi connectivity index (χ2v) is 6.64. The highest BCUT2D eigenvalue weighted by molar-refractivity contribution is 8.13. The Morgan fingerprint density at radius 3 is 2.55 bits per heavy atom. The molecule has 0 aliphatic carbocycles. The summed E-state index contributed by atoms with van der Waals surface area (Å²) in [7, 11) is 1.53. The van der Waals surface area contributed by atoms with Gasteiger partial charge in [0, 0.05) is 23.4 Å². The van der Waals surface area contributed by atoms with Crippen molar-refractivity contribution in [1.29, 1.82) is 0 Å². The molecule has 2 aromatic rings. The van der Waals surface area contributed by atoms with Gasteiger partial charge in [-0.2, -0.15) is 5.10 Å². The Hall–Kier alpha value is -1.86. The quantitative estimate of drug-likeness (QED) is 0.814. The number of carbonyl (C=O) groups is 1. The Balaban J connectivity index is 1.87. The average Bonchev–Trinajstić information content (AvgIpc) is 2.92. The fourth-order valence-corrected chi connectivity index (χ4v) is 2.39. The van der Waals surface area contributed by atoms with Gasteiger partial charge in [-0.25, -0.2) is 8.42 Å². The third-order valence-electron chi connectivity index (χ3n) is 2.66. The second kappa shape index (κ2) is 6.06. The predicted octanol–water partition coefficient (Wildman–Crippen LogP) is 1.31. The van der Waals surface area contributed by atoms with Crippen LogP contribution in [0.5, 0.6) is 0 Å². The van der Waals surface area contributed by atoms with Gasteiger partial charge in [0.1, 0.15) is 0 Å². The molecule has 0 radical (unpaired) electrons. The van der Waals surface area contributed by atoms with E-state index < -0.39 is 9.05 Å². The maximum Gasteiger partial charge on any atom is 0.261 e. The van der Waals surface area contributed by atoms with Crippen LogP contribution in [-0.2, 0) is 15.5 Å². The Kier molecular flexibility index (Phi) is 4.41. The molecular formula is C12H12ClN3O3S. The fraction of sp³-hybridized carbons (Fsp3) is 0.167. The van der Waals surface area contributed by atoms with Crippen molar-refractivity contribution in [2.45, 2.75) is 11.3 Å². The minimum atomic E-state index is -3.69. The zero-order valence-electron chi connectivity index (χ0n) is 10.3. The normalized spacial score (nSPS) is 11.2. The molecule has 1 aromatic carbocycles. The summed E-state index contributed by atoms with van der Waals surface area (Å²) < 4.78 is 22.2. The zero-order valence-corrected chi connectivity index (χ0v) is 11.9. The lowest BCUT2D eigenvalue weighted by Gasteiger charge is -2.04. The number of benzene rings is 1. The number of halogens is 1. The molecular weight excluding hydrogens is 302 g/mol. The third-order valence-corrected chi connectivity index (χ3v) is 4.03. The number of aromatic nitrogens is 2. The SMILES string of the molecule is O=C(NCCc1ccc(S(=O)(=O)Cl)cc1)c1cn[nH]c1. The number of amides is 1. The molecule has 0 aliphatic rings. The molecule has 0 fully saturated rings. The highest BCUT2D eigenvalue weighted by atomic mass is 35.7. The molecule has 0 atom stereocenters. The topological polar surface area (TPSA) is 91.9 Å². The van der Waals surface area contributed by atoms with Gasteiger partial charge in [-0.05, 0) is 24.1 Å². The molecule has 1 heterocycles. The van der Waals surface area contributed by atoms with Gasteiger partial charge in [0.05, 0.1) is 16.7 Å². The van der Waals surface area contributed by atoms with Gasteiger partial charge >= 0.3 is 0 Å². The van der Waals surface area contributed by atoms with E-state index in [4.69, 9.17) is 10.7 Å². The van der Waals surface area contributed by atoms with Crippen molar-refractivity contribution < 1.29 is 13.2 Å². The number of rotatable bonds is 5. The summed E-state index contributed by atoms with van der Waals surface area (Å²) in [5.41, 5.74) is 1.37. The van der Waals surface area contributed by atoms with E-state index in [0.717, 1.165) is 5.56 Å². The lowest BCUT2D eigenvalue weighted by Crippen LogP contribution is -2.25. The molecule has 6 nitrogen and oxygen atoms in total. The van der Waals surface area contributed by atoms with Crippen LogP contribution in [0.2, 0.25) is 0 Å². The van der Waals surface area contributed by atoms with Crippen LogP contribution in [0, 0.1) is 0 Å². The number of hydrogen-bond donors (Lipinski definition) is 2. The monoisotopic (exact) mass is 313 g/mol. The van der Waals surface area contributed by atoms with E-state index >= 15 is 0 Å². The van der Waals surface area contributed by atoms with Crippen LogP contribution in [0.4, 0.5) is 0 Å². The van der Waals surface area contributed by atoms with E-state index in [1.807, 2.05) is 0 Å². The van der Waals surface area contributed by atoms with Gasteiger partial charge in [-0.15, -0.1) is 0 Å². The van der Waals surface area contributed by atoms with Crippen LogP contribution in [-0.4, -0.2) is 31.1 Å². The Labute approximate surface area is 120 Å². The van der Waals surface area contributed by atoms with Crippen LogP contribution >= 0.6 is 10.7 Å². The molecule has 20 heavy (non-hydrogen) atoms. The first kappa shape index (κ1) is 14.5. The van der Waals surface area contributed by atoms with Crippen molar-refractivity contribution in [3.05, 3.63) is 47.8 Å². The first-order chi connectivity index (χ1) is 9.47. The summed E-state index contributed by atoms with van der Waals surface area (Å²) in [6, 6.07) is 6.21. The first-order valence-corrected chi connectivity index (χ1v) is 8.08. The summed E-state index contributed by atoms with van der Waals surface area (Å²) in [5, 5.41) is 8.98. The van der Waals surface area contributed by atoms with E-state index in [1.165, 1.54) is 24.5 Å². The lowest BCUT2D eigenvalue weighted by atomic mass is 10.1. The molecule has 8 heteroatoms. The maximum atomic E-state index is 11.6. The highest BCUT2D eigenvalue weighted by Gasteiger charge is 2.09. The summed E-state index contributed by atoms with van der Waals surface area (Å²) in [6.07, 6.45) is 3.54. The van der Waals surface area contributed by atoms with Gasteiger partial charge in [0.25, 0.3) is 15.0 Å². The van der Waals surface area contributed by atoms with Gasteiger partial charge in [0.15, 0.2) is 0 Å². The Morgan fingerprint density at radius 1 is 1.30 bits per heavy atom. The van der Waals surface area contributed by atoms with Crippen LogP contribution in [0.1, 0.15) is 15.9 Å². The molecule has 0 unspecified atom stereocenters. The van der Waals surface area contributed by atoms with Crippen molar-refractivity contribution in [3.63, 3.8) is 0 Å². The number of aromatic amines is 1. The van der Waals surface area contributed by atoms with Gasteiger partial charge in [-0.3, -0.25) is 9.89 Å². The lowest BCUT2D eigenvalue weighted by molar-refractivity contribution is 0.0954. The summed E-state index contributed by atoms with van der Waals surface area (Å²) >= 11 is 0. The van der Waals surface area contributed by atoms with Crippen molar-refractivity contribution >= 4 is 25.6 Å². The smallest absolute Gasteiger partial charge is 0.261 e. The van der Waals surface area contributed by atoms with Gasteiger partial charge < -0.3 is 5.32 Å². The number of H-pyrrole nitrogens is 1. The summed E-state index contributed by atoms with van der Waals surface area (Å²) in [4.78, 5) is 11.7. The zero-order chi connectivity index (χ0) is 14.6. The highest BCUT2D eigenvalue weighted by Crippen LogP contribution is 2.15. The molecule has 0 saturated heterocycles. The summed E-state index contributed by atoms with van der Waals surface area (Å²) in [5.74, 6) is -0.210. The van der Waals surface area contributed by atoms with E-state index in [2.05, 4.69) is 15.5 Å². The van der Waals surface area contributed by atoms with Crippen molar-refractivity contribution in [1.82, 2.24) is 15.5 Å². The first-order valence-electron chi connectivity index (χ1n) is 5.77. The van der Waals surface area contributed by atoms with E-state index in [9.17, 15) is 13.2 Å². The number of carbonyl (C=O) groups excluding carboxylic acids is 1. The molecule has 0 spiro atoms. The van der Waals surface area contributed by atoms with Crippen LogP contribution in [0.3, 0.4) is 0 Å². The molecule has 1 aromatic heterocycles. The molecule has 2 rings (SSSR count). The molecule has 0 bridgehead atoms. The molecule has 2 N–H and O–H groups in total. The Bertz CT molecular complexity index is 681. The van der Waals surface area contributed by atoms with Gasteiger partial charge in [-0.1, -0.05) is 12.1 Å². The molecule has 0 aliphatic heterocycles. The van der Waals surface area contributed by atoms with Crippen molar-refractivity contribution in [2.75, 3.05) is 6.54 Å².